The fraction of sp³-hybridized carbons (Fsp3) is 0.400. The Bertz CT molecular complexity index is 479. The van der Waals surface area contributed by atoms with Gasteiger partial charge in [0.05, 0.1) is 0 Å². The number of likely N-dealkylation sites (tertiary alicyclic amines) is 1. The third kappa shape index (κ3) is 4.01. The molecule has 1 aromatic carbocycles. The molecule has 4 heteroatoms. The lowest BCUT2D eigenvalue weighted by Crippen LogP contribution is -2.37. The Morgan fingerprint density at radius 3 is 2.58 bits per heavy atom. The van der Waals surface area contributed by atoms with Crippen molar-refractivity contribution in [3.8, 4) is 11.8 Å². The number of aliphatic hydroxyl groups is 1. The van der Waals surface area contributed by atoms with Crippen LogP contribution in [0.5, 0.6) is 0 Å². The molecule has 1 aliphatic heterocycles. The van der Waals surface area contributed by atoms with Crippen molar-refractivity contribution in [1.29, 1.82) is 0 Å². The third-order valence-electron chi connectivity index (χ3n) is 3.10. The lowest BCUT2D eigenvalue weighted by molar-refractivity contribution is 0.208. The molecule has 2 rings (SSSR count). The number of nitrogens with zero attached hydrogens (tertiary/aromatic N) is 1. The summed E-state index contributed by atoms with van der Waals surface area (Å²) in [6.07, 6.45) is 2.21. The molecule has 0 saturated carbocycles. The van der Waals surface area contributed by atoms with Gasteiger partial charge in [-0.3, -0.25) is 0 Å². The van der Waals surface area contributed by atoms with E-state index in [1.54, 1.807) is 0 Å². The number of benzene rings is 1. The molecular weight excluding hydrogens is 240 g/mol. The van der Waals surface area contributed by atoms with Crippen LogP contribution in [0.15, 0.2) is 24.3 Å². The fourth-order valence-corrected chi connectivity index (χ4v) is 2.06. The van der Waals surface area contributed by atoms with E-state index in [-0.39, 0.29) is 12.6 Å². The van der Waals surface area contributed by atoms with Crippen LogP contribution in [0.4, 0.5) is 4.79 Å². The van der Waals surface area contributed by atoms with Crippen LogP contribution in [0.3, 0.4) is 0 Å². The van der Waals surface area contributed by atoms with E-state index in [2.05, 4.69) is 17.2 Å². The molecule has 2 amide bonds. The highest BCUT2D eigenvalue weighted by molar-refractivity contribution is 5.74. The highest BCUT2D eigenvalue weighted by Gasteiger charge is 2.16. The van der Waals surface area contributed by atoms with Crippen LogP contribution in [0.25, 0.3) is 0 Å². The van der Waals surface area contributed by atoms with E-state index in [0.29, 0.717) is 6.54 Å². The second-order valence-electron chi connectivity index (χ2n) is 4.51. The van der Waals surface area contributed by atoms with Crippen molar-refractivity contribution in [3.63, 3.8) is 0 Å². The van der Waals surface area contributed by atoms with E-state index < -0.39 is 0 Å². The minimum atomic E-state index is -0.131. The predicted molar refractivity (Wildman–Crippen MR) is 73.4 cm³/mol. The van der Waals surface area contributed by atoms with Gasteiger partial charge in [0.25, 0.3) is 0 Å². The number of hydrogen-bond acceptors (Lipinski definition) is 2. The van der Waals surface area contributed by atoms with Gasteiger partial charge in [-0.25, -0.2) is 4.79 Å². The van der Waals surface area contributed by atoms with Gasteiger partial charge in [-0.1, -0.05) is 24.0 Å². The summed E-state index contributed by atoms with van der Waals surface area (Å²) >= 11 is 0. The Balaban J connectivity index is 1.84. The molecule has 2 N–H and O–H groups in total. The molecule has 1 fully saturated rings. The van der Waals surface area contributed by atoms with E-state index in [9.17, 15) is 4.79 Å². The molecule has 0 atom stereocenters. The van der Waals surface area contributed by atoms with E-state index in [0.717, 1.165) is 37.1 Å². The smallest absolute Gasteiger partial charge is 0.317 e. The molecule has 0 unspecified atom stereocenters. The fourth-order valence-electron chi connectivity index (χ4n) is 2.06. The number of carbonyl (C=O) groups excluding carboxylic acids is 1. The van der Waals surface area contributed by atoms with Crippen molar-refractivity contribution in [2.45, 2.75) is 19.4 Å². The van der Waals surface area contributed by atoms with Crippen LogP contribution in [-0.2, 0) is 6.54 Å². The number of urea groups is 1. The topological polar surface area (TPSA) is 52.6 Å². The lowest BCUT2D eigenvalue weighted by Gasteiger charge is -2.16. The van der Waals surface area contributed by atoms with Crippen LogP contribution in [-0.4, -0.2) is 35.7 Å². The molecule has 0 radical (unpaired) electrons. The first kappa shape index (κ1) is 13.4. The number of hydrogen-bond donors (Lipinski definition) is 2. The standard InChI is InChI=1S/C15H18N2O2/c18-11-3-4-13-5-7-14(8-6-13)12-16-15(19)17-9-1-2-10-17/h5-8,18H,1-2,9-12H2,(H,16,19). The SMILES string of the molecule is O=C(NCc1ccc(C#CCO)cc1)N1CCCC1. The number of nitrogens with one attached hydrogen (secondary N) is 1. The largest absolute Gasteiger partial charge is 0.384 e. The molecule has 0 bridgehead atoms. The Morgan fingerprint density at radius 2 is 1.95 bits per heavy atom. The quantitative estimate of drug-likeness (QED) is 0.786. The maximum Gasteiger partial charge on any atom is 0.317 e. The molecule has 0 aliphatic carbocycles. The first-order valence-corrected chi connectivity index (χ1v) is 6.51. The molecule has 1 heterocycles. The Morgan fingerprint density at radius 1 is 1.26 bits per heavy atom. The van der Waals surface area contributed by atoms with Crippen LogP contribution in [0, 0.1) is 11.8 Å². The van der Waals surface area contributed by atoms with E-state index in [1.165, 1.54) is 0 Å². The maximum absolute atomic E-state index is 11.8. The van der Waals surface area contributed by atoms with Gasteiger partial charge in [-0.15, -0.1) is 0 Å². The zero-order valence-electron chi connectivity index (χ0n) is 10.9. The van der Waals surface area contributed by atoms with Crippen LogP contribution in [0.1, 0.15) is 24.0 Å². The van der Waals surface area contributed by atoms with Crippen LogP contribution < -0.4 is 5.32 Å². The molecular formula is C15H18N2O2. The first-order valence-electron chi connectivity index (χ1n) is 6.51. The van der Waals surface area contributed by atoms with Gasteiger partial charge in [0.15, 0.2) is 0 Å². The van der Waals surface area contributed by atoms with Crippen molar-refractivity contribution in [2.24, 2.45) is 0 Å². The highest BCUT2D eigenvalue weighted by Crippen LogP contribution is 2.08. The molecule has 0 aromatic heterocycles. The molecule has 1 saturated heterocycles. The normalized spacial score (nSPS) is 13.8. The molecule has 1 aliphatic rings. The van der Waals surface area contributed by atoms with Gasteiger partial charge in [0.1, 0.15) is 6.61 Å². The second-order valence-corrected chi connectivity index (χ2v) is 4.51. The summed E-state index contributed by atoms with van der Waals surface area (Å²) in [5.74, 6) is 5.44. The molecule has 100 valence electrons. The zero-order chi connectivity index (χ0) is 13.5. The van der Waals surface area contributed by atoms with Crippen molar-refractivity contribution in [2.75, 3.05) is 19.7 Å². The average molecular weight is 258 g/mol. The lowest BCUT2D eigenvalue weighted by atomic mass is 10.1. The molecule has 4 nitrogen and oxygen atoms in total. The molecule has 19 heavy (non-hydrogen) atoms. The summed E-state index contributed by atoms with van der Waals surface area (Å²) in [7, 11) is 0. The minimum absolute atomic E-state index is 0.0154. The second kappa shape index (κ2) is 6.81. The van der Waals surface area contributed by atoms with Crippen LogP contribution >= 0.6 is 0 Å². The van der Waals surface area contributed by atoms with Crippen LogP contribution in [0.2, 0.25) is 0 Å². The number of rotatable bonds is 2. The maximum atomic E-state index is 11.8. The number of aliphatic hydroxyl groups excluding tert-OH is 1. The van der Waals surface area contributed by atoms with Gasteiger partial charge in [0, 0.05) is 25.2 Å². The summed E-state index contributed by atoms with van der Waals surface area (Å²) < 4.78 is 0. The first-order chi connectivity index (χ1) is 9.29. The summed E-state index contributed by atoms with van der Waals surface area (Å²) in [6.45, 7) is 2.12. The van der Waals surface area contributed by atoms with Gasteiger partial charge < -0.3 is 15.3 Å². The van der Waals surface area contributed by atoms with Crippen molar-refractivity contribution in [1.82, 2.24) is 10.2 Å². The van der Waals surface area contributed by atoms with Gasteiger partial charge in [0.2, 0.25) is 0 Å². The number of carbonyl (C=O) groups is 1. The highest BCUT2D eigenvalue weighted by atomic mass is 16.2. The Kier molecular flexibility index (Phi) is 4.82. The minimum Gasteiger partial charge on any atom is -0.384 e. The monoisotopic (exact) mass is 258 g/mol. The Labute approximate surface area is 113 Å². The molecule has 0 spiro atoms. The summed E-state index contributed by atoms with van der Waals surface area (Å²) in [6, 6.07) is 7.67. The summed E-state index contributed by atoms with van der Waals surface area (Å²) in [4.78, 5) is 13.6. The van der Waals surface area contributed by atoms with Gasteiger partial charge >= 0.3 is 6.03 Å². The molecule has 1 aromatic rings. The summed E-state index contributed by atoms with van der Waals surface area (Å²) in [5, 5.41) is 11.5. The van der Waals surface area contributed by atoms with E-state index in [1.807, 2.05) is 29.2 Å². The van der Waals surface area contributed by atoms with Crippen molar-refractivity contribution >= 4 is 6.03 Å². The van der Waals surface area contributed by atoms with Crippen molar-refractivity contribution in [3.05, 3.63) is 35.4 Å². The zero-order valence-corrected chi connectivity index (χ0v) is 10.9. The van der Waals surface area contributed by atoms with E-state index in [4.69, 9.17) is 5.11 Å². The average Bonchev–Trinajstić information content (AvgIpc) is 2.98. The number of amides is 2. The Hall–Kier alpha value is -1.99. The predicted octanol–water partition coefficient (Wildman–Crippen LogP) is 1.34. The van der Waals surface area contributed by atoms with Gasteiger partial charge in [-0.05, 0) is 30.5 Å². The summed E-state index contributed by atoms with van der Waals surface area (Å²) in [5.41, 5.74) is 1.91. The van der Waals surface area contributed by atoms with Gasteiger partial charge in [-0.2, -0.15) is 0 Å². The van der Waals surface area contributed by atoms with Crippen molar-refractivity contribution < 1.29 is 9.90 Å². The third-order valence-corrected chi connectivity index (χ3v) is 3.10. The van der Waals surface area contributed by atoms with E-state index >= 15 is 0 Å².